The summed E-state index contributed by atoms with van der Waals surface area (Å²) in [7, 11) is 0. The minimum absolute atomic E-state index is 0.536. The first-order valence-corrected chi connectivity index (χ1v) is 7.05. The van der Waals surface area contributed by atoms with Crippen LogP contribution in [0, 0.1) is 6.92 Å². The molecular formula is C17H17N5. The molecule has 2 aromatic rings. The standard InChI is InChI=1S/C17H17N5/c1-12-5-6-14(18)10-16(12)22-17-20-9-7-15(21-17)13-4-2-3-8-19-11-13/h2-7,9-11H,8,18H2,1H3,(H,20,21,22). The molecule has 0 fully saturated rings. The number of nitrogens with one attached hydrogen (secondary N) is 1. The molecule has 22 heavy (non-hydrogen) atoms. The summed E-state index contributed by atoms with van der Waals surface area (Å²) in [6, 6.07) is 7.58. The van der Waals surface area contributed by atoms with Gasteiger partial charge in [0.05, 0.1) is 12.2 Å². The van der Waals surface area contributed by atoms with Crippen LogP contribution >= 0.6 is 0 Å². The maximum atomic E-state index is 5.83. The molecule has 5 nitrogen and oxygen atoms in total. The van der Waals surface area contributed by atoms with Crippen molar-refractivity contribution in [2.45, 2.75) is 6.92 Å². The molecule has 5 heteroatoms. The van der Waals surface area contributed by atoms with E-state index >= 15 is 0 Å². The van der Waals surface area contributed by atoms with Crippen molar-refractivity contribution in [1.29, 1.82) is 0 Å². The fraction of sp³-hybridized carbons (Fsp3) is 0.118. The highest BCUT2D eigenvalue weighted by molar-refractivity contribution is 6.09. The molecule has 0 atom stereocenters. The quantitative estimate of drug-likeness (QED) is 0.852. The van der Waals surface area contributed by atoms with Crippen molar-refractivity contribution in [3.63, 3.8) is 0 Å². The highest BCUT2D eigenvalue weighted by atomic mass is 15.1. The van der Waals surface area contributed by atoms with Gasteiger partial charge in [-0.25, -0.2) is 9.97 Å². The molecular weight excluding hydrogens is 274 g/mol. The fourth-order valence-electron chi connectivity index (χ4n) is 2.11. The van der Waals surface area contributed by atoms with Crippen molar-refractivity contribution < 1.29 is 0 Å². The molecule has 1 aliphatic rings. The molecule has 0 unspecified atom stereocenters. The second-order valence-electron chi connectivity index (χ2n) is 5.01. The molecule has 0 bridgehead atoms. The van der Waals surface area contributed by atoms with Crippen LogP contribution in [-0.2, 0) is 0 Å². The molecule has 0 aliphatic carbocycles. The Kier molecular flexibility index (Phi) is 3.96. The van der Waals surface area contributed by atoms with E-state index in [9.17, 15) is 0 Å². The number of hydrogen-bond donors (Lipinski definition) is 2. The lowest BCUT2D eigenvalue weighted by molar-refractivity contribution is 1.14. The first-order valence-electron chi connectivity index (χ1n) is 7.05. The van der Waals surface area contributed by atoms with Gasteiger partial charge >= 0.3 is 0 Å². The zero-order valence-electron chi connectivity index (χ0n) is 12.3. The zero-order valence-corrected chi connectivity index (χ0v) is 12.3. The number of aromatic nitrogens is 2. The van der Waals surface area contributed by atoms with Crippen LogP contribution in [0.25, 0.3) is 5.57 Å². The summed E-state index contributed by atoms with van der Waals surface area (Å²) in [5.41, 5.74) is 10.3. The van der Waals surface area contributed by atoms with Crippen LogP contribution < -0.4 is 11.1 Å². The fourth-order valence-corrected chi connectivity index (χ4v) is 2.11. The smallest absolute Gasteiger partial charge is 0.227 e. The van der Waals surface area contributed by atoms with Crippen molar-refractivity contribution in [3.05, 3.63) is 59.9 Å². The predicted molar refractivity (Wildman–Crippen MR) is 91.4 cm³/mol. The molecule has 110 valence electrons. The number of nitrogens with two attached hydrogens (primary N) is 1. The number of nitrogens with zero attached hydrogens (tertiary/aromatic N) is 3. The lowest BCUT2D eigenvalue weighted by Crippen LogP contribution is -2.02. The van der Waals surface area contributed by atoms with Gasteiger partial charge < -0.3 is 11.1 Å². The van der Waals surface area contributed by atoms with Crippen LogP contribution in [-0.4, -0.2) is 22.7 Å². The van der Waals surface area contributed by atoms with Crippen LogP contribution in [0.2, 0.25) is 0 Å². The Balaban J connectivity index is 1.90. The van der Waals surface area contributed by atoms with Gasteiger partial charge in [-0.2, -0.15) is 0 Å². The molecule has 1 aromatic heterocycles. The molecule has 3 N–H and O–H groups in total. The largest absolute Gasteiger partial charge is 0.399 e. The lowest BCUT2D eigenvalue weighted by Gasteiger charge is -2.10. The van der Waals surface area contributed by atoms with Gasteiger partial charge in [0.2, 0.25) is 5.95 Å². The van der Waals surface area contributed by atoms with Crippen molar-refractivity contribution in [1.82, 2.24) is 9.97 Å². The van der Waals surface area contributed by atoms with Crippen LogP contribution in [0.15, 0.2) is 53.7 Å². The van der Waals surface area contributed by atoms with E-state index in [1.54, 1.807) is 6.20 Å². The maximum Gasteiger partial charge on any atom is 0.227 e. The van der Waals surface area contributed by atoms with E-state index in [2.05, 4.69) is 20.3 Å². The number of aryl methyl sites for hydroxylation is 1. The van der Waals surface area contributed by atoms with E-state index in [0.717, 1.165) is 22.5 Å². The van der Waals surface area contributed by atoms with Gasteiger partial charge in [-0.3, -0.25) is 4.99 Å². The van der Waals surface area contributed by atoms with Gasteiger partial charge in [-0.15, -0.1) is 0 Å². The third-order valence-electron chi connectivity index (χ3n) is 3.31. The predicted octanol–water partition coefficient (Wildman–Crippen LogP) is 3.13. The van der Waals surface area contributed by atoms with E-state index in [0.29, 0.717) is 18.2 Å². The van der Waals surface area contributed by atoms with Crippen LogP contribution in [0.3, 0.4) is 0 Å². The van der Waals surface area contributed by atoms with Gasteiger partial charge in [-0.05, 0) is 30.7 Å². The number of nitrogen functional groups attached to an aromatic ring is 1. The number of rotatable bonds is 3. The van der Waals surface area contributed by atoms with E-state index in [1.165, 1.54) is 0 Å². The van der Waals surface area contributed by atoms with Gasteiger partial charge in [0, 0.05) is 29.4 Å². The Morgan fingerprint density at radius 1 is 1.23 bits per heavy atom. The average molecular weight is 291 g/mol. The Hall–Kier alpha value is -2.95. The number of allylic oxidation sites excluding steroid dienone is 3. The molecule has 0 amide bonds. The van der Waals surface area contributed by atoms with Crippen molar-refractivity contribution in [3.8, 4) is 0 Å². The van der Waals surface area contributed by atoms with Crippen LogP contribution in [0.5, 0.6) is 0 Å². The van der Waals surface area contributed by atoms with Crippen LogP contribution in [0.4, 0.5) is 17.3 Å². The molecule has 1 aliphatic heterocycles. The average Bonchev–Trinajstić information content (AvgIpc) is 2.80. The Morgan fingerprint density at radius 2 is 2.14 bits per heavy atom. The molecule has 0 saturated carbocycles. The van der Waals surface area contributed by atoms with Gasteiger partial charge in [0.25, 0.3) is 0 Å². The Morgan fingerprint density at radius 3 is 3.05 bits per heavy atom. The number of anilines is 3. The lowest BCUT2D eigenvalue weighted by atomic mass is 10.2. The monoisotopic (exact) mass is 291 g/mol. The molecule has 0 radical (unpaired) electrons. The molecule has 0 spiro atoms. The first-order chi connectivity index (χ1) is 10.7. The van der Waals surface area contributed by atoms with E-state index in [4.69, 9.17) is 5.73 Å². The molecule has 1 aromatic carbocycles. The van der Waals surface area contributed by atoms with Crippen LogP contribution in [0.1, 0.15) is 11.3 Å². The summed E-state index contributed by atoms with van der Waals surface area (Å²) in [5.74, 6) is 0.536. The summed E-state index contributed by atoms with van der Waals surface area (Å²) in [5, 5.41) is 3.22. The molecule has 3 rings (SSSR count). The number of aliphatic imine (C=N–C) groups is 1. The Bertz CT molecular complexity index is 774. The maximum absolute atomic E-state index is 5.83. The first kappa shape index (κ1) is 14.0. The summed E-state index contributed by atoms with van der Waals surface area (Å²) in [6.07, 6.45) is 9.54. The topological polar surface area (TPSA) is 76.2 Å². The zero-order chi connectivity index (χ0) is 15.4. The summed E-state index contributed by atoms with van der Waals surface area (Å²) in [6.45, 7) is 2.70. The van der Waals surface area contributed by atoms with E-state index < -0.39 is 0 Å². The second-order valence-corrected chi connectivity index (χ2v) is 5.01. The molecule has 0 saturated heterocycles. The van der Waals surface area contributed by atoms with E-state index in [-0.39, 0.29) is 0 Å². The van der Waals surface area contributed by atoms with Gasteiger partial charge in [0.15, 0.2) is 0 Å². The van der Waals surface area contributed by atoms with Crippen molar-refractivity contribution >= 4 is 29.1 Å². The normalized spacial score (nSPS) is 13.6. The SMILES string of the molecule is Cc1ccc(N)cc1Nc1nccc(C2=CC=CCN=C2)n1. The third-order valence-corrected chi connectivity index (χ3v) is 3.31. The minimum atomic E-state index is 0.536. The molecule has 2 heterocycles. The summed E-state index contributed by atoms with van der Waals surface area (Å²) < 4.78 is 0. The van der Waals surface area contributed by atoms with E-state index in [1.807, 2.05) is 55.6 Å². The van der Waals surface area contributed by atoms with Crippen molar-refractivity contribution in [2.24, 2.45) is 4.99 Å². The minimum Gasteiger partial charge on any atom is -0.399 e. The summed E-state index contributed by atoms with van der Waals surface area (Å²) in [4.78, 5) is 13.1. The summed E-state index contributed by atoms with van der Waals surface area (Å²) >= 11 is 0. The number of benzene rings is 1. The van der Waals surface area contributed by atoms with Crippen molar-refractivity contribution in [2.75, 3.05) is 17.6 Å². The highest BCUT2D eigenvalue weighted by Gasteiger charge is 2.06. The van der Waals surface area contributed by atoms with Gasteiger partial charge in [0.1, 0.15) is 0 Å². The number of hydrogen-bond acceptors (Lipinski definition) is 5. The second kappa shape index (κ2) is 6.22. The third kappa shape index (κ3) is 3.20. The van der Waals surface area contributed by atoms with Gasteiger partial charge in [-0.1, -0.05) is 24.3 Å². The highest BCUT2D eigenvalue weighted by Crippen LogP contribution is 2.22. The Labute approximate surface area is 129 Å².